The topological polar surface area (TPSA) is 66.8 Å². The second-order valence-electron chi connectivity index (χ2n) is 6.96. The van der Waals surface area contributed by atoms with Crippen LogP contribution >= 0.6 is 11.8 Å². The van der Waals surface area contributed by atoms with E-state index in [2.05, 4.69) is 4.99 Å². The molecule has 140 valence electrons. The summed E-state index contributed by atoms with van der Waals surface area (Å²) in [7, 11) is -3.06. The molecule has 4 rings (SSSR count). The molecule has 0 N–H and O–H groups in total. The summed E-state index contributed by atoms with van der Waals surface area (Å²) in [5, 5.41) is 0.519. The number of carbonyl (C=O) groups is 1. The van der Waals surface area contributed by atoms with Crippen LogP contribution in [0, 0.1) is 6.92 Å². The number of amides is 1. The van der Waals surface area contributed by atoms with Crippen molar-refractivity contribution in [3.05, 3.63) is 65.7 Å². The van der Waals surface area contributed by atoms with Gasteiger partial charge in [-0.3, -0.25) is 4.79 Å². The summed E-state index contributed by atoms with van der Waals surface area (Å²) in [6.07, 6.45) is 0.236. The molecule has 2 aromatic rings. The minimum atomic E-state index is -3.06. The van der Waals surface area contributed by atoms with Crippen molar-refractivity contribution in [2.75, 3.05) is 16.4 Å². The van der Waals surface area contributed by atoms with Crippen LogP contribution in [0.5, 0.6) is 0 Å². The first-order valence-electron chi connectivity index (χ1n) is 8.80. The molecule has 2 aromatic carbocycles. The number of amidine groups is 1. The van der Waals surface area contributed by atoms with Gasteiger partial charge >= 0.3 is 0 Å². The average Bonchev–Trinajstić information content (AvgIpc) is 3.06. The molecule has 7 heteroatoms. The van der Waals surface area contributed by atoms with Gasteiger partial charge in [0.1, 0.15) is 0 Å². The Morgan fingerprint density at radius 3 is 2.67 bits per heavy atom. The summed E-state index contributed by atoms with van der Waals surface area (Å²) >= 11 is 1.41. The predicted octanol–water partition coefficient (Wildman–Crippen LogP) is 2.84. The summed E-state index contributed by atoms with van der Waals surface area (Å²) in [6.45, 7) is 1.99. The largest absolute Gasteiger partial charge is 0.316 e. The molecular formula is C20H20N2O3S2. The molecule has 0 aliphatic carbocycles. The van der Waals surface area contributed by atoms with Crippen LogP contribution in [0.3, 0.4) is 0 Å². The third-order valence-corrected chi connectivity index (χ3v) is 7.97. The Morgan fingerprint density at radius 2 is 1.93 bits per heavy atom. The number of rotatable bonds is 3. The third kappa shape index (κ3) is 3.94. The Balaban J connectivity index is 1.65. The van der Waals surface area contributed by atoms with E-state index in [0.29, 0.717) is 5.17 Å². The summed E-state index contributed by atoms with van der Waals surface area (Å²) in [6, 6.07) is 17.2. The van der Waals surface area contributed by atoms with E-state index in [-0.39, 0.29) is 35.1 Å². The van der Waals surface area contributed by atoms with E-state index in [1.54, 1.807) is 0 Å². The number of carbonyl (C=O) groups excluding carboxylic acids is 1. The van der Waals surface area contributed by atoms with Gasteiger partial charge in [0, 0.05) is 10.9 Å². The van der Waals surface area contributed by atoms with Crippen LogP contribution in [0.2, 0.25) is 0 Å². The molecule has 0 spiro atoms. The molecule has 5 nitrogen and oxygen atoms in total. The Labute approximate surface area is 163 Å². The van der Waals surface area contributed by atoms with E-state index in [1.807, 2.05) is 66.4 Å². The SMILES string of the molecule is Cc1cccc(N2C(=NC(=O)Cc3ccccc3)S[C@H]3CS(=O)(=O)C[C@H]32)c1. The second kappa shape index (κ2) is 7.13. The third-order valence-electron chi connectivity index (χ3n) is 4.76. The van der Waals surface area contributed by atoms with Crippen LogP contribution in [0.4, 0.5) is 5.69 Å². The number of hydrogen-bond acceptors (Lipinski definition) is 4. The first kappa shape index (κ1) is 18.3. The number of aliphatic imine (C=N–C) groups is 1. The van der Waals surface area contributed by atoms with E-state index in [9.17, 15) is 13.2 Å². The fourth-order valence-corrected chi connectivity index (χ4v) is 7.49. The average molecular weight is 401 g/mol. The fourth-order valence-electron chi connectivity index (χ4n) is 3.56. The molecule has 1 amide bonds. The minimum Gasteiger partial charge on any atom is -0.316 e. The van der Waals surface area contributed by atoms with Gasteiger partial charge in [-0.1, -0.05) is 54.2 Å². The van der Waals surface area contributed by atoms with Gasteiger partial charge in [-0.25, -0.2) is 8.42 Å². The Morgan fingerprint density at radius 1 is 1.15 bits per heavy atom. The maximum atomic E-state index is 12.5. The Bertz CT molecular complexity index is 1000. The van der Waals surface area contributed by atoms with Crippen molar-refractivity contribution in [1.82, 2.24) is 0 Å². The van der Waals surface area contributed by atoms with E-state index >= 15 is 0 Å². The van der Waals surface area contributed by atoms with Crippen molar-refractivity contribution in [1.29, 1.82) is 0 Å². The lowest BCUT2D eigenvalue weighted by Crippen LogP contribution is -2.37. The highest BCUT2D eigenvalue weighted by atomic mass is 32.2. The molecule has 0 unspecified atom stereocenters. The lowest BCUT2D eigenvalue weighted by atomic mass is 10.1. The van der Waals surface area contributed by atoms with Gasteiger partial charge in [0.15, 0.2) is 15.0 Å². The zero-order valence-corrected chi connectivity index (χ0v) is 16.5. The Kier molecular flexibility index (Phi) is 4.82. The zero-order chi connectivity index (χ0) is 19.0. The molecule has 0 radical (unpaired) electrons. The molecule has 0 bridgehead atoms. The lowest BCUT2D eigenvalue weighted by molar-refractivity contribution is -0.117. The van der Waals surface area contributed by atoms with Crippen LogP contribution in [-0.4, -0.2) is 42.3 Å². The molecular weight excluding hydrogens is 380 g/mol. The lowest BCUT2D eigenvalue weighted by Gasteiger charge is -2.24. The van der Waals surface area contributed by atoms with E-state index < -0.39 is 9.84 Å². The summed E-state index contributed by atoms with van der Waals surface area (Å²) in [5.74, 6) is 0.0188. The molecule has 2 heterocycles. The minimum absolute atomic E-state index is 0.0845. The quantitative estimate of drug-likeness (QED) is 0.793. The maximum Gasteiger partial charge on any atom is 0.252 e. The number of nitrogens with zero attached hydrogens (tertiary/aromatic N) is 2. The van der Waals surface area contributed by atoms with Crippen LogP contribution in [-0.2, 0) is 21.1 Å². The molecule has 0 saturated carbocycles. The standard InChI is InChI=1S/C20H20N2O3S2/c1-14-6-5-9-16(10-14)22-17-12-27(24,25)13-18(17)26-20(22)21-19(23)11-15-7-3-2-4-8-15/h2-10,17-18H,11-13H2,1H3/t17-,18+/m1/s1. The molecule has 2 fully saturated rings. The summed E-state index contributed by atoms with van der Waals surface area (Å²) in [5.41, 5.74) is 2.88. The van der Waals surface area contributed by atoms with Crippen molar-refractivity contribution < 1.29 is 13.2 Å². The van der Waals surface area contributed by atoms with Gasteiger partial charge < -0.3 is 4.90 Å². The first-order valence-corrected chi connectivity index (χ1v) is 11.5. The van der Waals surface area contributed by atoms with Gasteiger partial charge in [-0.2, -0.15) is 4.99 Å². The summed E-state index contributed by atoms with van der Waals surface area (Å²) in [4.78, 5) is 18.8. The predicted molar refractivity (Wildman–Crippen MR) is 110 cm³/mol. The highest BCUT2D eigenvalue weighted by molar-refractivity contribution is 8.16. The van der Waals surface area contributed by atoms with Gasteiger partial charge in [0.05, 0.1) is 24.0 Å². The van der Waals surface area contributed by atoms with E-state index in [4.69, 9.17) is 0 Å². The van der Waals surface area contributed by atoms with Crippen LogP contribution < -0.4 is 4.90 Å². The number of anilines is 1. The molecule has 0 aromatic heterocycles. The van der Waals surface area contributed by atoms with Crippen molar-refractivity contribution in [2.45, 2.75) is 24.6 Å². The van der Waals surface area contributed by atoms with Gasteiger partial charge in [0.25, 0.3) is 5.91 Å². The number of fused-ring (bicyclic) bond motifs is 1. The highest BCUT2D eigenvalue weighted by Gasteiger charge is 2.49. The molecule has 2 saturated heterocycles. The first-order chi connectivity index (χ1) is 12.9. The number of hydrogen-bond donors (Lipinski definition) is 0. The smallest absolute Gasteiger partial charge is 0.252 e. The van der Waals surface area contributed by atoms with Gasteiger partial charge in [-0.05, 0) is 30.2 Å². The number of aryl methyl sites for hydroxylation is 1. The van der Waals surface area contributed by atoms with Crippen LogP contribution in [0.1, 0.15) is 11.1 Å². The van der Waals surface area contributed by atoms with E-state index in [1.165, 1.54) is 11.8 Å². The normalized spacial score (nSPS) is 24.9. The van der Waals surface area contributed by atoms with Crippen LogP contribution in [0.25, 0.3) is 0 Å². The maximum absolute atomic E-state index is 12.5. The fraction of sp³-hybridized carbons (Fsp3) is 0.300. The Hall–Kier alpha value is -2.12. The highest BCUT2D eigenvalue weighted by Crippen LogP contribution is 2.41. The molecule has 2 aliphatic rings. The second-order valence-corrected chi connectivity index (χ2v) is 10.3. The van der Waals surface area contributed by atoms with Crippen molar-refractivity contribution >= 4 is 38.4 Å². The van der Waals surface area contributed by atoms with Crippen molar-refractivity contribution in [3.8, 4) is 0 Å². The molecule has 2 atom stereocenters. The van der Waals surface area contributed by atoms with Crippen LogP contribution in [0.15, 0.2) is 59.6 Å². The summed E-state index contributed by atoms with van der Waals surface area (Å²) < 4.78 is 24.2. The van der Waals surface area contributed by atoms with Crippen molar-refractivity contribution in [2.24, 2.45) is 4.99 Å². The number of thioether (sulfide) groups is 1. The van der Waals surface area contributed by atoms with Gasteiger partial charge in [0.2, 0.25) is 0 Å². The van der Waals surface area contributed by atoms with Gasteiger partial charge in [-0.15, -0.1) is 0 Å². The number of sulfone groups is 1. The monoisotopic (exact) mass is 400 g/mol. The van der Waals surface area contributed by atoms with Crippen molar-refractivity contribution in [3.63, 3.8) is 0 Å². The zero-order valence-electron chi connectivity index (χ0n) is 14.9. The number of benzene rings is 2. The molecule has 2 aliphatic heterocycles. The molecule has 27 heavy (non-hydrogen) atoms. The van der Waals surface area contributed by atoms with E-state index in [0.717, 1.165) is 16.8 Å².